The van der Waals surface area contributed by atoms with Gasteiger partial charge in [0.2, 0.25) is 10.0 Å². The molecule has 1 aromatic rings. The molecule has 11 nitrogen and oxygen atoms in total. The van der Waals surface area contributed by atoms with E-state index in [0.29, 0.717) is 0 Å². The Morgan fingerprint density at radius 2 is 1.73 bits per heavy atom. The summed E-state index contributed by atoms with van der Waals surface area (Å²) in [4.78, 5) is 37.2. The number of ether oxygens (including phenoxy) is 1. The Kier molecular flexibility index (Phi) is 8.73. The molecule has 0 atom stereocenters. The van der Waals surface area contributed by atoms with Crippen molar-refractivity contribution in [3.63, 3.8) is 0 Å². The Bertz CT molecular complexity index is 890. The van der Waals surface area contributed by atoms with Gasteiger partial charge in [0.15, 0.2) is 6.61 Å². The van der Waals surface area contributed by atoms with Gasteiger partial charge in [0, 0.05) is 32.2 Å². The van der Waals surface area contributed by atoms with Crippen molar-refractivity contribution in [2.45, 2.75) is 44.7 Å². The zero-order valence-corrected chi connectivity index (χ0v) is 18.7. The Hall–Kier alpha value is -2.73. The van der Waals surface area contributed by atoms with E-state index in [2.05, 4.69) is 0 Å². The molecule has 0 bridgehead atoms. The SMILES string of the molecule is CC(C)N(C(=O)COC(=O)CNS(=O)(=O)c1ccc(N(C)C)c([N+](=O)[O-])c1)C(C)C. The molecule has 0 aliphatic carbocycles. The van der Waals surface area contributed by atoms with Gasteiger partial charge in [0.1, 0.15) is 12.2 Å². The van der Waals surface area contributed by atoms with Crippen LogP contribution < -0.4 is 9.62 Å². The second-order valence-corrected chi connectivity index (χ2v) is 9.04. The predicted molar refractivity (Wildman–Crippen MR) is 111 cm³/mol. The van der Waals surface area contributed by atoms with Gasteiger partial charge in [-0.05, 0) is 39.8 Å². The molecule has 1 aromatic carbocycles. The van der Waals surface area contributed by atoms with E-state index in [4.69, 9.17) is 4.74 Å². The number of benzene rings is 1. The number of carbonyl (C=O) groups is 2. The van der Waals surface area contributed by atoms with Crippen LogP contribution in [0, 0.1) is 10.1 Å². The van der Waals surface area contributed by atoms with Gasteiger partial charge in [-0.15, -0.1) is 0 Å². The van der Waals surface area contributed by atoms with Crippen LogP contribution in [0.25, 0.3) is 0 Å². The molecule has 0 saturated carbocycles. The highest BCUT2D eigenvalue weighted by atomic mass is 32.2. The van der Waals surface area contributed by atoms with Crippen molar-refractivity contribution in [2.75, 3.05) is 32.1 Å². The number of nitrogens with one attached hydrogen (secondary N) is 1. The molecular formula is C18H28N4O7S. The van der Waals surface area contributed by atoms with Gasteiger partial charge in [-0.25, -0.2) is 8.42 Å². The van der Waals surface area contributed by atoms with Crippen molar-refractivity contribution in [2.24, 2.45) is 0 Å². The Morgan fingerprint density at radius 1 is 1.17 bits per heavy atom. The van der Waals surface area contributed by atoms with Crippen LogP contribution in [0.15, 0.2) is 23.1 Å². The lowest BCUT2D eigenvalue weighted by molar-refractivity contribution is -0.384. The van der Waals surface area contributed by atoms with E-state index in [1.165, 1.54) is 17.0 Å². The van der Waals surface area contributed by atoms with Crippen molar-refractivity contribution in [3.05, 3.63) is 28.3 Å². The first-order chi connectivity index (χ1) is 13.8. The fraction of sp³-hybridized carbons (Fsp3) is 0.556. The Balaban J connectivity index is 2.80. The standard InChI is InChI=1S/C18H28N4O7S/c1-12(2)21(13(3)4)17(23)11-29-18(24)10-19-30(27,28)14-7-8-15(20(5)6)16(9-14)22(25)26/h7-9,12-13,19H,10-11H2,1-6H3. The van der Waals surface area contributed by atoms with Crippen LogP contribution in [-0.2, 0) is 24.3 Å². The highest BCUT2D eigenvalue weighted by molar-refractivity contribution is 7.89. The van der Waals surface area contributed by atoms with Crippen LogP contribution in [0.2, 0.25) is 0 Å². The van der Waals surface area contributed by atoms with Gasteiger partial charge in [0.05, 0.1) is 9.82 Å². The lowest BCUT2D eigenvalue weighted by Gasteiger charge is -2.30. The lowest BCUT2D eigenvalue weighted by atomic mass is 10.2. The summed E-state index contributed by atoms with van der Waals surface area (Å²) in [5, 5.41) is 11.2. The maximum Gasteiger partial charge on any atom is 0.321 e. The van der Waals surface area contributed by atoms with Gasteiger partial charge in [-0.1, -0.05) is 0 Å². The smallest absolute Gasteiger partial charge is 0.321 e. The fourth-order valence-corrected chi connectivity index (χ4v) is 3.86. The van der Waals surface area contributed by atoms with Gasteiger partial charge >= 0.3 is 5.97 Å². The number of amides is 1. The van der Waals surface area contributed by atoms with E-state index >= 15 is 0 Å². The molecule has 30 heavy (non-hydrogen) atoms. The van der Waals surface area contributed by atoms with Gasteiger partial charge < -0.3 is 14.5 Å². The zero-order chi connectivity index (χ0) is 23.2. The maximum absolute atomic E-state index is 12.4. The highest BCUT2D eigenvalue weighted by Crippen LogP contribution is 2.29. The number of rotatable bonds is 10. The molecule has 0 aliphatic heterocycles. The second-order valence-electron chi connectivity index (χ2n) is 7.28. The summed E-state index contributed by atoms with van der Waals surface area (Å²) in [7, 11) is -1.03. The monoisotopic (exact) mass is 444 g/mol. The number of sulfonamides is 1. The molecule has 0 heterocycles. The van der Waals surface area contributed by atoms with Crippen LogP contribution in [0.1, 0.15) is 27.7 Å². The third kappa shape index (κ3) is 6.66. The van der Waals surface area contributed by atoms with E-state index in [9.17, 15) is 28.1 Å². The molecule has 1 amide bonds. The Morgan fingerprint density at radius 3 is 2.20 bits per heavy atom. The van der Waals surface area contributed by atoms with Gasteiger partial charge in [-0.2, -0.15) is 4.72 Å². The number of nitro benzene ring substituents is 1. The first-order valence-corrected chi connectivity index (χ1v) is 10.7. The number of anilines is 1. The zero-order valence-electron chi connectivity index (χ0n) is 17.9. The van der Waals surface area contributed by atoms with Crippen molar-refractivity contribution >= 4 is 33.3 Å². The molecule has 12 heteroatoms. The maximum atomic E-state index is 12.4. The minimum Gasteiger partial charge on any atom is -0.455 e. The molecule has 0 aromatic heterocycles. The third-order valence-electron chi connectivity index (χ3n) is 4.10. The van der Waals surface area contributed by atoms with Gasteiger partial charge in [0.25, 0.3) is 11.6 Å². The number of esters is 1. The number of nitro groups is 1. The third-order valence-corrected chi connectivity index (χ3v) is 5.50. The van der Waals surface area contributed by atoms with Crippen molar-refractivity contribution < 1.29 is 27.7 Å². The topological polar surface area (TPSA) is 139 Å². The minimum absolute atomic E-state index is 0.0874. The van der Waals surface area contributed by atoms with Crippen molar-refractivity contribution in [3.8, 4) is 0 Å². The summed E-state index contributed by atoms with van der Waals surface area (Å²) >= 11 is 0. The molecular weight excluding hydrogens is 416 g/mol. The first-order valence-electron chi connectivity index (χ1n) is 9.20. The van der Waals surface area contributed by atoms with Gasteiger partial charge in [-0.3, -0.25) is 19.7 Å². The lowest BCUT2D eigenvalue weighted by Crippen LogP contribution is -2.44. The summed E-state index contributed by atoms with van der Waals surface area (Å²) in [6.07, 6.45) is 0. The van der Waals surface area contributed by atoms with E-state index in [0.717, 1.165) is 6.07 Å². The average molecular weight is 445 g/mol. The molecule has 1 rings (SSSR count). The van der Waals surface area contributed by atoms with Crippen LogP contribution in [0.4, 0.5) is 11.4 Å². The molecule has 0 aliphatic rings. The summed E-state index contributed by atoms with van der Waals surface area (Å²) in [5.74, 6) is -1.34. The summed E-state index contributed by atoms with van der Waals surface area (Å²) in [5.41, 5.74) is -0.157. The van der Waals surface area contributed by atoms with Crippen molar-refractivity contribution in [1.82, 2.24) is 9.62 Å². The molecule has 168 valence electrons. The van der Waals surface area contributed by atoms with E-state index in [1.807, 2.05) is 32.4 Å². The first kappa shape index (κ1) is 25.3. The van der Waals surface area contributed by atoms with Crippen LogP contribution in [0.5, 0.6) is 0 Å². The van der Waals surface area contributed by atoms with E-state index in [-0.39, 0.29) is 22.7 Å². The second kappa shape index (κ2) is 10.3. The number of carbonyl (C=O) groups excluding carboxylic acids is 2. The van der Waals surface area contributed by atoms with Crippen LogP contribution in [-0.4, -0.2) is 69.4 Å². The molecule has 0 fully saturated rings. The van der Waals surface area contributed by atoms with Crippen molar-refractivity contribution in [1.29, 1.82) is 0 Å². The number of hydrogen-bond donors (Lipinski definition) is 1. The molecule has 0 saturated heterocycles. The molecule has 0 radical (unpaired) electrons. The predicted octanol–water partition coefficient (Wildman–Crippen LogP) is 1.13. The summed E-state index contributed by atoms with van der Waals surface area (Å²) < 4.78 is 31.7. The summed E-state index contributed by atoms with van der Waals surface area (Å²) in [6.45, 7) is 6.08. The number of nitrogens with zero attached hydrogens (tertiary/aromatic N) is 3. The van der Waals surface area contributed by atoms with Crippen LogP contribution in [0.3, 0.4) is 0 Å². The van der Waals surface area contributed by atoms with E-state index < -0.39 is 45.7 Å². The molecule has 0 unspecified atom stereocenters. The average Bonchev–Trinajstić information content (AvgIpc) is 2.63. The largest absolute Gasteiger partial charge is 0.455 e. The van der Waals surface area contributed by atoms with E-state index in [1.54, 1.807) is 19.0 Å². The number of hydrogen-bond acceptors (Lipinski definition) is 8. The molecule has 1 N–H and O–H groups in total. The normalized spacial score (nSPS) is 11.5. The quantitative estimate of drug-likeness (QED) is 0.322. The highest BCUT2D eigenvalue weighted by Gasteiger charge is 2.24. The van der Waals surface area contributed by atoms with Crippen LogP contribution >= 0.6 is 0 Å². The minimum atomic E-state index is -4.20. The fourth-order valence-electron chi connectivity index (χ4n) is 2.87. The summed E-state index contributed by atoms with van der Waals surface area (Å²) in [6, 6.07) is 3.24. The Labute approximate surface area is 176 Å². The molecule has 0 spiro atoms.